The maximum atomic E-state index is 11.9. The summed E-state index contributed by atoms with van der Waals surface area (Å²) >= 11 is 0. The van der Waals surface area contributed by atoms with Gasteiger partial charge < -0.3 is 15.2 Å². The molecule has 140 valence electrons. The molecule has 2 rings (SSSR count). The fourth-order valence-electron chi connectivity index (χ4n) is 2.61. The van der Waals surface area contributed by atoms with Crippen LogP contribution in [0, 0.1) is 6.92 Å². The van der Waals surface area contributed by atoms with E-state index in [4.69, 9.17) is 0 Å². The second-order valence-corrected chi connectivity index (χ2v) is 6.60. The molecule has 2 aromatic heterocycles. The van der Waals surface area contributed by atoms with Crippen LogP contribution in [-0.2, 0) is 16.1 Å². The first-order chi connectivity index (χ1) is 12.5. The summed E-state index contributed by atoms with van der Waals surface area (Å²) in [6.07, 6.45) is 6.53. The first kappa shape index (κ1) is 19.6. The number of imidazole rings is 1. The van der Waals surface area contributed by atoms with Crippen LogP contribution < -0.4 is 10.6 Å². The quantitative estimate of drug-likeness (QED) is 0.675. The lowest BCUT2D eigenvalue weighted by molar-refractivity contribution is -0.124. The second kappa shape index (κ2) is 9.70. The van der Waals surface area contributed by atoms with E-state index in [2.05, 4.69) is 39.0 Å². The van der Waals surface area contributed by atoms with Crippen molar-refractivity contribution in [2.45, 2.75) is 52.5 Å². The van der Waals surface area contributed by atoms with E-state index in [1.54, 1.807) is 18.5 Å². The number of anilines is 1. The molecular weight excluding hydrogens is 330 g/mol. The van der Waals surface area contributed by atoms with Gasteiger partial charge in [-0.25, -0.2) is 9.97 Å². The van der Waals surface area contributed by atoms with E-state index >= 15 is 0 Å². The topological polar surface area (TPSA) is 88.9 Å². The Kier molecular flexibility index (Phi) is 7.32. The number of rotatable bonds is 9. The van der Waals surface area contributed by atoms with Gasteiger partial charge in [0.1, 0.15) is 11.6 Å². The number of pyridine rings is 1. The Morgan fingerprint density at radius 3 is 2.65 bits per heavy atom. The van der Waals surface area contributed by atoms with Gasteiger partial charge in [0.15, 0.2) is 0 Å². The van der Waals surface area contributed by atoms with Crippen molar-refractivity contribution in [1.82, 2.24) is 19.9 Å². The Labute approximate surface area is 154 Å². The number of nitrogens with zero attached hydrogens (tertiary/aromatic N) is 3. The predicted molar refractivity (Wildman–Crippen MR) is 101 cm³/mol. The SMILES string of the molecule is Cc1ccnc(NC(=O)CCC(=O)NCCCn2ccnc2C(C)C)c1. The van der Waals surface area contributed by atoms with Crippen molar-refractivity contribution in [3.63, 3.8) is 0 Å². The van der Waals surface area contributed by atoms with Crippen LogP contribution >= 0.6 is 0 Å². The van der Waals surface area contributed by atoms with Crippen molar-refractivity contribution in [1.29, 1.82) is 0 Å². The molecule has 0 spiro atoms. The lowest BCUT2D eigenvalue weighted by atomic mass is 10.2. The van der Waals surface area contributed by atoms with Crippen LogP contribution in [0.1, 0.15) is 50.4 Å². The van der Waals surface area contributed by atoms with Crippen LogP contribution in [0.5, 0.6) is 0 Å². The smallest absolute Gasteiger partial charge is 0.226 e. The highest BCUT2D eigenvalue weighted by Crippen LogP contribution is 2.11. The van der Waals surface area contributed by atoms with E-state index < -0.39 is 0 Å². The van der Waals surface area contributed by atoms with Crippen LogP contribution in [0.15, 0.2) is 30.7 Å². The summed E-state index contributed by atoms with van der Waals surface area (Å²) in [6.45, 7) is 7.54. The Morgan fingerprint density at radius 1 is 1.15 bits per heavy atom. The summed E-state index contributed by atoms with van der Waals surface area (Å²) in [5.41, 5.74) is 1.02. The predicted octanol–water partition coefficient (Wildman–Crippen LogP) is 2.64. The number of aromatic nitrogens is 3. The first-order valence-corrected chi connectivity index (χ1v) is 8.96. The van der Waals surface area contributed by atoms with Crippen LogP contribution in [0.2, 0.25) is 0 Å². The van der Waals surface area contributed by atoms with Crippen LogP contribution in [0.25, 0.3) is 0 Å². The molecule has 26 heavy (non-hydrogen) atoms. The fraction of sp³-hybridized carbons (Fsp3) is 0.474. The Hall–Kier alpha value is -2.70. The minimum absolute atomic E-state index is 0.118. The minimum Gasteiger partial charge on any atom is -0.356 e. The summed E-state index contributed by atoms with van der Waals surface area (Å²) in [4.78, 5) is 32.2. The lowest BCUT2D eigenvalue weighted by Crippen LogP contribution is -2.26. The summed E-state index contributed by atoms with van der Waals surface area (Å²) in [5.74, 6) is 1.61. The van der Waals surface area contributed by atoms with E-state index in [0.29, 0.717) is 18.3 Å². The molecule has 0 atom stereocenters. The number of hydrogen-bond donors (Lipinski definition) is 2. The molecular formula is C19H27N5O2. The van der Waals surface area contributed by atoms with Gasteiger partial charge in [0.2, 0.25) is 11.8 Å². The summed E-state index contributed by atoms with van der Waals surface area (Å²) in [7, 11) is 0. The van der Waals surface area contributed by atoms with E-state index in [1.165, 1.54) is 0 Å². The maximum absolute atomic E-state index is 11.9. The average molecular weight is 357 g/mol. The monoisotopic (exact) mass is 357 g/mol. The molecule has 7 nitrogen and oxygen atoms in total. The molecule has 2 N–H and O–H groups in total. The van der Waals surface area contributed by atoms with Gasteiger partial charge in [-0.05, 0) is 31.0 Å². The van der Waals surface area contributed by atoms with E-state index in [-0.39, 0.29) is 24.7 Å². The number of carbonyl (C=O) groups excluding carboxylic acids is 2. The van der Waals surface area contributed by atoms with E-state index in [9.17, 15) is 9.59 Å². The van der Waals surface area contributed by atoms with Gasteiger partial charge in [-0.3, -0.25) is 9.59 Å². The van der Waals surface area contributed by atoms with Crippen molar-refractivity contribution >= 4 is 17.6 Å². The molecule has 0 unspecified atom stereocenters. The fourth-order valence-corrected chi connectivity index (χ4v) is 2.61. The number of hydrogen-bond acceptors (Lipinski definition) is 4. The molecule has 0 aromatic carbocycles. The van der Waals surface area contributed by atoms with Crippen molar-refractivity contribution in [2.24, 2.45) is 0 Å². The molecule has 2 amide bonds. The van der Waals surface area contributed by atoms with Crippen molar-refractivity contribution in [3.05, 3.63) is 42.1 Å². The molecule has 0 saturated heterocycles. The summed E-state index contributed by atoms with van der Waals surface area (Å²) in [5, 5.41) is 5.55. The third-order valence-electron chi connectivity index (χ3n) is 3.92. The normalized spacial score (nSPS) is 10.8. The second-order valence-electron chi connectivity index (χ2n) is 6.60. The minimum atomic E-state index is -0.210. The lowest BCUT2D eigenvalue weighted by Gasteiger charge is -2.10. The molecule has 0 aliphatic carbocycles. The zero-order chi connectivity index (χ0) is 18.9. The van der Waals surface area contributed by atoms with Crippen molar-refractivity contribution in [3.8, 4) is 0 Å². The number of nitrogens with one attached hydrogen (secondary N) is 2. The Balaban J connectivity index is 1.63. The highest BCUT2D eigenvalue weighted by molar-refractivity contribution is 5.92. The van der Waals surface area contributed by atoms with Crippen LogP contribution in [0.4, 0.5) is 5.82 Å². The van der Waals surface area contributed by atoms with E-state index in [0.717, 1.165) is 24.4 Å². The largest absolute Gasteiger partial charge is 0.356 e. The number of aryl methyl sites for hydroxylation is 2. The van der Waals surface area contributed by atoms with Gasteiger partial charge >= 0.3 is 0 Å². The molecule has 0 fully saturated rings. The van der Waals surface area contributed by atoms with E-state index in [1.807, 2.05) is 19.2 Å². The van der Waals surface area contributed by atoms with Crippen molar-refractivity contribution < 1.29 is 9.59 Å². The Bertz CT molecular complexity index is 739. The Morgan fingerprint density at radius 2 is 1.92 bits per heavy atom. The molecule has 2 heterocycles. The molecule has 2 aromatic rings. The zero-order valence-electron chi connectivity index (χ0n) is 15.7. The highest BCUT2D eigenvalue weighted by Gasteiger charge is 2.09. The molecule has 7 heteroatoms. The van der Waals surface area contributed by atoms with Crippen molar-refractivity contribution in [2.75, 3.05) is 11.9 Å². The van der Waals surface area contributed by atoms with Crippen LogP contribution in [-0.4, -0.2) is 32.9 Å². The molecule has 0 aliphatic rings. The molecule has 0 radical (unpaired) electrons. The van der Waals surface area contributed by atoms with Gasteiger partial charge in [0.05, 0.1) is 0 Å². The summed E-state index contributed by atoms with van der Waals surface area (Å²) in [6, 6.07) is 3.65. The van der Waals surface area contributed by atoms with Gasteiger partial charge in [-0.2, -0.15) is 0 Å². The third-order valence-corrected chi connectivity index (χ3v) is 3.92. The van der Waals surface area contributed by atoms with Gasteiger partial charge in [-0.15, -0.1) is 0 Å². The molecule has 0 saturated carbocycles. The van der Waals surface area contributed by atoms with Crippen LogP contribution in [0.3, 0.4) is 0 Å². The number of carbonyl (C=O) groups is 2. The standard InChI is InChI=1S/C19H27N5O2/c1-14(2)19-22-10-12-24(19)11-4-8-21-17(25)5-6-18(26)23-16-13-15(3)7-9-20-16/h7,9-10,12-14H,4-6,8,11H2,1-3H3,(H,21,25)(H,20,23,26). The highest BCUT2D eigenvalue weighted by atomic mass is 16.2. The van der Waals surface area contributed by atoms with Gasteiger partial charge in [0.25, 0.3) is 0 Å². The third kappa shape index (κ3) is 6.31. The maximum Gasteiger partial charge on any atom is 0.226 e. The van der Waals surface area contributed by atoms with Gasteiger partial charge in [0, 0.05) is 50.4 Å². The summed E-state index contributed by atoms with van der Waals surface area (Å²) < 4.78 is 2.11. The molecule has 0 bridgehead atoms. The van der Waals surface area contributed by atoms with Gasteiger partial charge in [-0.1, -0.05) is 13.8 Å². The molecule has 0 aliphatic heterocycles. The average Bonchev–Trinajstić information content (AvgIpc) is 3.06. The zero-order valence-corrected chi connectivity index (χ0v) is 15.7. The first-order valence-electron chi connectivity index (χ1n) is 8.96. The number of amides is 2.